The van der Waals surface area contributed by atoms with E-state index in [0.29, 0.717) is 73.5 Å². The minimum atomic E-state index is -2.79. The summed E-state index contributed by atoms with van der Waals surface area (Å²) in [5, 5.41) is 14.8. The number of amides is 2. The molecule has 0 spiro atoms. The third-order valence-electron chi connectivity index (χ3n) is 23.2. The lowest BCUT2D eigenvalue weighted by atomic mass is 9.94. The first-order chi connectivity index (χ1) is 58.5. The Kier molecular flexibility index (Phi) is 38.9. The summed E-state index contributed by atoms with van der Waals surface area (Å²) in [6, 6.07) is 21.4. The van der Waals surface area contributed by atoms with Crippen LogP contribution in [0.3, 0.4) is 0 Å². The lowest BCUT2D eigenvalue weighted by molar-refractivity contribution is -0.145. The van der Waals surface area contributed by atoms with Gasteiger partial charge in [0.2, 0.25) is 0 Å². The number of methoxy groups -OCH3 is 4. The van der Waals surface area contributed by atoms with Crippen LogP contribution in [-0.2, 0) is 104 Å². The molecule has 30 heteroatoms. The fourth-order valence-electron chi connectivity index (χ4n) is 16.1. The number of carboxylic acids is 1. The molecule has 2 fully saturated rings. The lowest BCUT2D eigenvalue weighted by Crippen LogP contribution is -2.61. The Bertz CT molecular complexity index is 4540. The van der Waals surface area contributed by atoms with Crippen LogP contribution in [0.5, 0.6) is 40.2 Å². The molecule has 5 aromatic rings. The number of ether oxygens (including phenoxy) is 12. The quantitative estimate of drug-likeness (QED) is 0.0128. The van der Waals surface area contributed by atoms with Crippen molar-refractivity contribution in [2.45, 2.75) is 345 Å². The molecule has 5 aromatic carbocycles. The zero-order chi connectivity index (χ0) is 96.0. The third-order valence-corrected chi connectivity index (χ3v) is 38.1. The first-order valence-electron chi connectivity index (χ1n) is 43.8. The number of rotatable bonds is 27. The summed E-state index contributed by atoms with van der Waals surface area (Å²) in [5.41, 5.74) is 17.7. The van der Waals surface area contributed by atoms with Gasteiger partial charge in [0.15, 0.2) is 54.4 Å². The standard InChI is InChI=1S/C33H41NO8.C30H51NO7Si.C24H39N3O5Si.C10H21BrOSi.CH4/c1-22-17-25(18-28(31(35)36)34(5)32(37)42-33(2,3)4)27(21-40-19-24-13-15-26(38-6)16-14-24)30(29(22)39-7)41-20-23-11-9-8-10-12-23;1-19-15-20(16-22(23-18-34-30(11,12)36-23)31(13)26(32)37-27(2,3)4)21-17-35-39(28(5,6)7,29(8,9)10)38-25(21)24(19)33-14;1-15-11-16(12-18(26-27-25)19-14-29-24(8,9)31-19)17-13-30-33(22(2,3)4,23(5,6)7)32-21(17)20(15)28-10;1-10(2,3)13(4,5)12-9-7-6-8-11;/h8-17,28H,18-21H2,1-7H3,(H,35,36);15,22-23H,16-18H2,1-14H3;11,18-19H,12-14H2,1-10H3;6-7H,8-9H2,1-5H3;1H4/b;;;7-6+;/t28-;22-,23+;18-,19+;;/m000../s1. The predicted molar refractivity (Wildman–Crippen MR) is 517 cm³/mol. The lowest BCUT2D eigenvalue weighted by Gasteiger charge is -2.51. The number of nitrogens with zero attached hydrogens (tertiary/aromatic N) is 5. The van der Waals surface area contributed by atoms with E-state index >= 15 is 0 Å². The Labute approximate surface area is 777 Å². The molecule has 0 aromatic heterocycles. The number of aliphatic carboxylic acids is 1. The van der Waals surface area contributed by atoms with Crippen LogP contribution in [0.2, 0.25) is 38.3 Å². The number of hydrogen-bond donors (Lipinski definition) is 1. The molecule has 128 heavy (non-hydrogen) atoms. The molecule has 9 rings (SSSR count). The van der Waals surface area contributed by atoms with Gasteiger partial charge in [-0.25, -0.2) is 14.4 Å². The maximum Gasteiger partial charge on any atom is 0.410 e. The predicted octanol–water partition coefficient (Wildman–Crippen LogP) is 24.0. The second kappa shape index (κ2) is 44.9. The molecule has 2 saturated heterocycles. The maximum atomic E-state index is 13.2. The zero-order valence-corrected chi connectivity index (χ0v) is 87.8. The molecular formula is C98H156BrN5O21Si3. The summed E-state index contributed by atoms with van der Waals surface area (Å²) < 4.78 is 104. The second-order valence-electron chi connectivity index (χ2n) is 41.6. The number of carbonyl (C=O) groups excluding carboxylic acids is 2. The Balaban J connectivity index is 0.000000318. The summed E-state index contributed by atoms with van der Waals surface area (Å²) in [7, 11) is 2.67. The monoisotopic (exact) mass is 1900 g/mol. The second-order valence-corrected chi connectivity index (χ2v) is 56.5. The molecule has 26 nitrogen and oxygen atoms in total. The van der Waals surface area contributed by atoms with Gasteiger partial charge in [0.05, 0.1) is 92.9 Å². The van der Waals surface area contributed by atoms with Gasteiger partial charge in [-0.1, -0.05) is 205 Å². The summed E-state index contributed by atoms with van der Waals surface area (Å²) >= 11 is 3.34. The van der Waals surface area contributed by atoms with Crippen LogP contribution in [-0.4, -0.2) is 179 Å². The van der Waals surface area contributed by atoms with E-state index in [0.717, 1.165) is 95.7 Å². The summed E-state index contributed by atoms with van der Waals surface area (Å²) in [5.74, 6) is 2.16. The minimum Gasteiger partial charge on any atom is -0.516 e. The Morgan fingerprint density at radius 1 is 0.586 bits per heavy atom. The molecule has 718 valence electrons. The maximum absolute atomic E-state index is 13.2. The molecule has 0 unspecified atom stereocenters. The van der Waals surface area contributed by atoms with Crippen LogP contribution in [0.15, 0.2) is 90.1 Å². The molecule has 0 bridgehead atoms. The smallest absolute Gasteiger partial charge is 0.410 e. The summed E-state index contributed by atoms with van der Waals surface area (Å²) in [6.45, 7) is 64.9. The molecule has 1 N–H and O–H groups in total. The first-order valence-corrected chi connectivity index (χ1v) is 51.5. The van der Waals surface area contributed by atoms with Gasteiger partial charge in [0, 0.05) is 67.6 Å². The van der Waals surface area contributed by atoms with Gasteiger partial charge in [-0.3, -0.25) is 4.90 Å². The van der Waals surface area contributed by atoms with Gasteiger partial charge in [-0.05, 0) is 183 Å². The SMILES string of the molecule is C.CC(C)(C)[Si](C)(C)OC/C=C/CBr.COc1c(C)cc(C[C@@H]([C@H]2COC(C)(C)O2)N(C)C(=O)OC(C)(C)C)c2c1O[Si](C(C)(C)C)(C(C)(C)C)OC2.COc1c(C)cc(C[C@H](N=[N+]=[N-])[C@H]2COC(C)(C)O2)c2c1O[Si](C(C)(C)C)(C(C)(C)C)OC2.COc1ccc(COCc2c(C[C@@H](C(=O)O)N(C)C(=O)OC(C)(C)C)cc(C)c(OC)c2OCc2ccccc2)cc1. The summed E-state index contributed by atoms with van der Waals surface area (Å²) in [6.07, 6.45) is 3.38. The van der Waals surface area contributed by atoms with Gasteiger partial charge in [0.1, 0.15) is 35.7 Å². The van der Waals surface area contributed by atoms with Gasteiger partial charge < -0.3 is 89.0 Å². The van der Waals surface area contributed by atoms with E-state index in [1.807, 2.05) is 130 Å². The molecule has 4 heterocycles. The highest BCUT2D eigenvalue weighted by atomic mass is 79.9. The number of fused-ring (bicyclic) bond motifs is 2. The van der Waals surface area contributed by atoms with Crippen molar-refractivity contribution < 1.29 is 98.5 Å². The molecule has 2 amide bonds. The fourth-order valence-corrected chi connectivity index (χ4v) is 26.6. The molecule has 0 radical (unpaired) electrons. The number of carboxylic acid groups (broad SMARTS) is 1. The third kappa shape index (κ3) is 28.8. The minimum absolute atomic E-state index is 0. The topological polar surface area (TPSA) is 284 Å². The van der Waals surface area contributed by atoms with Crippen LogP contribution >= 0.6 is 15.9 Å². The number of likely N-dealkylation sites (N-methyl/N-ethyl adjacent to an activating group) is 2. The number of hydrogen-bond acceptors (Lipinski definition) is 21. The van der Waals surface area contributed by atoms with E-state index in [1.54, 1.807) is 61.2 Å². The van der Waals surface area contributed by atoms with Crippen LogP contribution < -0.4 is 32.5 Å². The van der Waals surface area contributed by atoms with Crippen molar-refractivity contribution in [1.82, 2.24) is 9.80 Å². The average molecular weight is 1900 g/mol. The highest BCUT2D eigenvalue weighted by Gasteiger charge is 2.64. The van der Waals surface area contributed by atoms with E-state index in [-0.39, 0.29) is 65.5 Å². The van der Waals surface area contributed by atoms with E-state index in [4.69, 9.17) is 79.0 Å². The number of alkyl halides is 1. The van der Waals surface area contributed by atoms with E-state index in [9.17, 15) is 25.0 Å². The normalized spacial score (nSPS) is 17.7. The number of azide groups is 1. The van der Waals surface area contributed by atoms with Gasteiger partial charge in [-0.15, -0.1) is 0 Å². The molecular weight excluding hydrogens is 1750 g/mol. The van der Waals surface area contributed by atoms with Crippen LogP contribution in [0, 0.1) is 20.8 Å². The van der Waals surface area contributed by atoms with Crippen molar-refractivity contribution in [2.24, 2.45) is 5.11 Å². The average Bonchev–Trinajstić information content (AvgIpc) is 0.844. The van der Waals surface area contributed by atoms with Crippen molar-refractivity contribution in [3.8, 4) is 40.2 Å². The number of benzene rings is 5. The number of halogens is 1. The molecule has 0 aliphatic carbocycles. The van der Waals surface area contributed by atoms with Crippen molar-refractivity contribution in [3.05, 3.63) is 157 Å². The van der Waals surface area contributed by atoms with Crippen molar-refractivity contribution >= 4 is 59.5 Å². The van der Waals surface area contributed by atoms with Crippen LogP contribution in [0.4, 0.5) is 9.59 Å². The molecule has 4 aliphatic heterocycles. The number of carbonyl (C=O) groups is 3. The summed E-state index contributed by atoms with van der Waals surface area (Å²) in [4.78, 5) is 44.3. The Morgan fingerprint density at radius 3 is 1.43 bits per heavy atom. The number of allylic oxidation sites excluding steroid dienone is 1. The zero-order valence-electron chi connectivity index (χ0n) is 83.2. The fraction of sp³-hybridized carbons (Fsp3) is 0.643. The molecule has 0 saturated carbocycles. The molecule has 5 atom stereocenters. The van der Waals surface area contributed by atoms with E-state index in [2.05, 4.69) is 167 Å². The number of aryl methyl sites for hydroxylation is 3. The first kappa shape index (κ1) is 111. The van der Waals surface area contributed by atoms with E-state index in [1.165, 1.54) is 7.05 Å². The highest BCUT2D eigenvalue weighted by molar-refractivity contribution is 9.09. The molecule has 4 aliphatic rings. The largest absolute Gasteiger partial charge is 0.516 e. The van der Waals surface area contributed by atoms with E-state index < -0.39 is 78.5 Å². The van der Waals surface area contributed by atoms with Crippen LogP contribution in [0.1, 0.15) is 242 Å². The van der Waals surface area contributed by atoms with Gasteiger partial charge in [0.25, 0.3) is 0 Å². The Morgan fingerprint density at radius 2 is 1.02 bits per heavy atom. The van der Waals surface area contributed by atoms with Gasteiger partial charge in [-0.2, -0.15) is 0 Å². The van der Waals surface area contributed by atoms with Crippen LogP contribution in [0.25, 0.3) is 10.4 Å². The van der Waals surface area contributed by atoms with Gasteiger partial charge >= 0.3 is 35.3 Å². The Hall–Kier alpha value is -7.43. The van der Waals surface area contributed by atoms with Crippen molar-refractivity contribution in [1.29, 1.82) is 0 Å². The van der Waals surface area contributed by atoms with Crippen molar-refractivity contribution in [2.75, 3.05) is 67.7 Å². The van der Waals surface area contributed by atoms with Crippen molar-refractivity contribution in [3.63, 3.8) is 0 Å². The highest BCUT2D eigenvalue weighted by Crippen LogP contribution is 2.59.